The zero-order chi connectivity index (χ0) is 22.0. The third-order valence-corrected chi connectivity index (χ3v) is 4.29. The van der Waals surface area contributed by atoms with E-state index in [2.05, 4.69) is 19.3 Å². The highest BCUT2D eigenvalue weighted by Gasteiger charge is 2.33. The van der Waals surface area contributed by atoms with Gasteiger partial charge in [0.05, 0.1) is 12.7 Å². The third-order valence-electron chi connectivity index (χ3n) is 4.29. The van der Waals surface area contributed by atoms with Gasteiger partial charge in [-0.05, 0) is 0 Å². The summed E-state index contributed by atoms with van der Waals surface area (Å²) in [5, 5.41) is 29.9. The molecule has 29 heavy (non-hydrogen) atoms. The van der Waals surface area contributed by atoms with Gasteiger partial charge >= 0.3 is 5.97 Å². The first kappa shape index (κ1) is 24.7. The van der Waals surface area contributed by atoms with Gasteiger partial charge in [0.25, 0.3) is 0 Å². The molecule has 0 fully saturated rings. The second-order valence-corrected chi connectivity index (χ2v) is 6.03. The van der Waals surface area contributed by atoms with Gasteiger partial charge in [-0.3, -0.25) is 9.36 Å². The third kappa shape index (κ3) is 6.60. The summed E-state index contributed by atoms with van der Waals surface area (Å²) in [6.45, 7) is 7.17. The second-order valence-electron chi connectivity index (χ2n) is 6.03. The predicted molar refractivity (Wildman–Crippen MR) is 107 cm³/mol. The molecule has 164 valence electrons. The van der Waals surface area contributed by atoms with Crippen LogP contribution in [0.4, 0.5) is 5.82 Å². The number of nitrogen functional groups attached to an aromatic ring is 1. The van der Waals surface area contributed by atoms with Crippen molar-refractivity contribution in [3.63, 3.8) is 0 Å². The van der Waals surface area contributed by atoms with Crippen molar-refractivity contribution in [2.45, 2.75) is 52.0 Å². The number of methoxy groups -OCH3 is 1. The molecule has 11 nitrogen and oxygen atoms in total. The van der Waals surface area contributed by atoms with E-state index in [1.807, 2.05) is 20.8 Å². The first-order chi connectivity index (χ1) is 13.9. The fourth-order valence-electron chi connectivity index (χ4n) is 2.73. The number of aliphatic carboxylic acids is 1. The number of anilines is 1. The number of aromatic nitrogens is 4. The normalized spacial score (nSPS) is 14.3. The highest BCUT2D eigenvalue weighted by atomic mass is 16.7. The molecule has 2 aromatic heterocycles. The summed E-state index contributed by atoms with van der Waals surface area (Å²) in [7, 11) is 1.43. The average molecular weight is 414 g/mol. The molecule has 2 aromatic rings. The van der Waals surface area contributed by atoms with E-state index in [1.54, 1.807) is 0 Å². The quantitative estimate of drug-likeness (QED) is 0.389. The van der Waals surface area contributed by atoms with E-state index in [0.29, 0.717) is 30.8 Å². The van der Waals surface area contributed by atoms with E-state index in [1.165, 1.54) is 24.3 Å². The van der Waals surface area contributed by atoms with Crippen LogP contribution in [-0.4, -0.2) is 79.9 Å². The molecule has 3 atom stereocenters. The molecule has 0 bridgehead atoms. The smallest absolute Gasteiger partial charge is 0.303 e. The number of aliphatic hydroxyl groups excluding tert-OH is 2. The van der Waals surface area contributed by atoms with Crippen molar-refractivity contribution >= 4 is 23.0 Å². The van der Waals surface area contributed by atoms with Crippen LogP contribution in [0, 0.1) is 0 Å². The first-order valence-corrected chi connectivity index (χ1v) is 9.56. The number of hydrogen-bond donors (Lipinski definition) is 4. The molecule has 2 heterocycles. The van der Waals surface area contributed by atoms with Gasteiger partial charge in [0.2, 0.25) is 0 Å². The number of aliphatic hydroxyl groups is 2. The van der Waals surface area contributed by atoms with Crippen LogP contribution in [0.3, 0.4) is 0 Å². The summed E-state index contributed by atoms with van der Waals surface area (Å²) in [5.41, 5.74) is 6.36. The van der Waals surface area contributed by atoms with Gasteiger partial charge in [0, 0.05) is 20.5 Å². The number of carboxylic acid groups (broad SMARTS) is 1. The Morgan fingerprint density at radius 3 is 2.59 bits per heavy atom. The summed E-state index contributed by atoms with van der Waals surface area (Å²) in [6, 6.07) is 0. The first-order valence-electron chi connectivity index (χ1n) is 9.56. The molecule has 0 aliphatic carbocycles. The van der Waals surface area contributed by atoms with Gasteiger partial charge in [-0.25, -0.2) is 15.0 Å². The number of fused-ring (bicyclic) bond motifs is 1. The Balaban J connectivity index is 0.00000204. The van der Waals surface area contributed by atoms with E-state index in [4.69, 9.17) is 15.6 Å². The number of nitrogens with zero attached hydrogens (tertiary/aromatic N) is 4. The van der Waals surface area contributed by atoms with Crippen molar-refractivity contribution in [2.75, 3.05) is 32.7 Å². The lowest BCUT2D eigenvalue weighted by atomic mass is 10.2. The predicted octanol–water partition coefficient (Wildman–Crippen LogP) is 0.739. The molecule has 5 N–H and O–H groups in total. The minimum atomic E-state index is -1.37. The van der Waals surface area contributed by atoms with Gasteiger partial charge in [-0.2, -0.15) is 0 Å². The molecule has 3 unspecified atom stereocenters. The number of nitrogens with two attached hydrogens (primary N) is 1. The minimum Gasteiger partial charge on any atom is -0.481 e. The number of carbonyl (C=O) groups is 1. The van der Waals surface area contributed by atoms with Crippen LogP contribution in [0.1, 0.15) is 39.8 Å². The molecule has 0 aromatic carbocycles. The van der Waals surface area contributed by atoms with Gasteiger partial charge in [-0.15, -0.1) is 0 Å². The number of ether oxygens (including phenoxy) is 1. The number of carboxylic acids is 1. The van der Waals surface area contributed by atoms with Crippen LogP contribution in [0.5, 0.6) is 0 Å². The van der Waals surface area contributed by atoms with Crippen LogP contribution in [0.2, 0.25) is 0 Å². The monoisotopic (exact) mass is 414 g/mol. The topological polar surface area (TPSA) is 159 Å². The Morgan fingerprint density at radius 1 is 1.31 bits per heavy atom. The fraction of sp³-hybridized carbons (Fsp3) is 0.667. The summed E-state index contributed by atoms with van der Waals surface area (Å²) < 4.78 is 9.50. The molecule has 2 rings (SSSR count). The van der Waals surface area contributed by atoms with Crippen molar-refractivity contribution in [2.24, 2.45) is 0 Å². The van der Waals surface area contributed by atoms with Crippen molar-refractivity contribution < 1.29 is 29.2 Å². The molecular weight excluding hydrogens is 382 g/mol. The second kappa shape index (κ2) is 12.3. The lowest BCUT2D eigenvalue weighted by molar-refractivity contribution is -0.201. The zero-order valence-electron chi connectivity index (χ0n) is 17.4. The number of hydrogen-bond acceptors (Lipinski definition) is 8. The molecule has 0 amide bonds. The summed E-state index contributed by atoms with van der Waals surface area (Å²) in [5.74, 6) is -0.687. The van der Waals surface area contributed by atoms with Crippen molar-refractivity contribution in [1.82, 2.24) is 19.5 Å². The maximum Gasteiger partial charge on any atom is 0.303 e. The lowest BCUT2D eigenvalue weighted by Crippen LogP contribution is -2.42. The maximum absolute atomic E-state index is 10.7. The molecule has 0 spiro atoms. The Bertz CT molecular complexity index is 755. The van der Waals surface area contributed by atoms with E-state index in [0.717, 1.165) is 0 Å². The standard InChI is InChI=1S/C16H25N5O6.C2H6/c1-3-27(6-4-5-11(22)23)7-10(26-2)13(24)16(25)21-9-20-12-14(17)18-8-19-15(12)21;1-2/h8-10,13,16,24-25H,3-7H2,1-2H3,(H2-,17,18,19,22,23);1-2H3/p+1. The Kier molecular flexibility index (Phi) is 10.5. The van der Waals surface area contributed by atoms with Gasteiger partial charge in [0.15, 0.2) is 30.4 Å². The number of imidazole rings is 1. The summed E-state index contributed by atoms with van der Waals surface area (Å²) in [6.07, 6.45) is -0.323. The summed E-state index contributed by atoms with van der Waals surface area (Å²) in [4.78, 5) is 22.6. The highest BCUT2D eigenvalue weighted by Crippen LogP contribution is 2.22. The SMILES string of the molecule is CC.CC[O+](CCCC(=O)O)CC(OC)C(O)C(O)n1cnc2c(N)ncnc21. The zero-order valence-corrected chi connectivity index (χ0v) is 17.4. The van der Waals surface area contributed by atoms with E-state index in [-0.39, 0.29) is 18.8 Å². The number of rotatable bonds is 11. The van der Waals surface area contributed by atoms with Crippen molar-refractivity contribution in [1.29, 1.82) is 0 Å². The van der Waals surface area contributed by atoms with Crippen LogP contribution < -0.4 is 5.73 Å². The molecule has 0 saturated heterocycles. The largest absolute Gasteiger partial charge is 0.481 e. The van der Waals surface area contributed by atoms with Crippen LogP contribution in [-0.2, 0) is 13.9 Å². The summed E-state index contributed by atoms with van der Waals surface area (Å²) >= 11 is 0. The maximum atomic E-state index is 10.7. The van der Waals surface area contributed by atoms with Crippen LogP contribution >= 0.6 is 0 Å². The van der Waals surface area contributed by atoms with E-state index in [9.17, 15) is 15.0 Å². The van der Waals surface area contributed by atoms with Crippen molar-refractivity contribution in [3.8, 4) is 0 Å². The van der Waals surface area contributed by atoms with E-state index < -0.39 is 24.4 Å². The van der Waals surface area contributed by atoms with Crippen molar-refractivity contribution in [3.05, 3.63) is 12.7 Å². The molecule has 0 aliphatic rings. The minimum absolute atomic E-state index is 0.0501. The molecule has 0 radical (unpaired) electrons. The fourth-order valence-corrected chi connectivity index (χ4v) is 2.73. The molecular formula is C18H32N5O6+. The Hall–Kier alpha value is -2.34. The van der Waals surface area contributed by atoms with Gasteiger partial charge in [-0.1, -0.05) is 13.8 Å². The van der Waals surface area contributed by atoms with Gasteiger partial charge < -0.3 is 30.2 Å². The molecule has 11 heteroatoms. The highest BCUT2D eigenvalue weighted by molar-refractivity contribution is 5.81. The molecule has 0 aliphatic heterocycles. The van der Waals surface area contributed by atoms with Gasteiger partial charge in [0.1, 0.15) is 31.2 Å². The molecule has 0 saturated carbocycles. The Morgan fingerprint density at radius 2 is 2.00 bits per heavy atom. The Labute approximate surface area is 169 Å². The van der Waals surface area contributed by atoms with Crippen LogP contribution in [0.25, 0.3) is 11.2 Å². The average Bonchev–Trinajstić information content (AvgIpc) is 3.16. The lowest BCUT2D eigenvalue weighted by Gasteiger charge is -2.28. The van der Waals surface area contributed by atoms with E-state index >= 15 is 0 Å². The van der Waals surface area contributed by atoms with Crippen LogP contribution in [0.15, 0.2) is 12.7 Å².